The number of methoxy groups -OCH3 is 2. The summed E-state index contributed by atoms with van der Waals surface area (Å²) in [7, 11) is 3.14. The number of hydrogen-bond acceptors (Lipinski definition) is 6. The third kappa shape index (κ3) is 10.0. The number of benzene rings is 2. The maximum Gasteiger partial charge on any atom is 0.341 e. The number of para-hydroxylation sites is 1. The van der Waals surface area contributed by atoms with Crippen molar-refractivity contribution in [2.24, 2.45) is 0 Å². The highest BCUT2D eigenvalue weighted by Crippen LogP contribution is 2.18. The van der Waals surface area contributed by atoms with Crippen LogP contribution in [0.1, 0.15) is 66.7 Å². The molecule has 0 amide bonds. The van der Waals surface area contributed by atoms with Crippen LogP contribution in [0.3, 0.4) is 0 Å². The molecule has 0 saturated carbocycles. The fourth-order valence-electron chi connectivity index (χ4n) is 2.53. The average Bonchev–Trinajstić information content (AvgIpc) is 2.82. The topological polar surface area (TPSA) is 71.1 Å². The highest BCUT2D eigenvalue weighted by molar-refractivity contribution is 5.92. The molecule has 0 unspecified atom stereocenters. The molecule has 0 aliphatic heterocycles. The van der Waals surface area contributed by atoms with Crippen LogP contribution in [0.5, 0.6) is 11.5 Å². The minimum absolute atomic E-state index is 0.272. The number of rotatable bonds is 11. The van der Waals surface area contributed by atoms with Crippen molar-refractivity contribution in [1.29, 1.82) is 0 Å². The smallest absolute Gasteiger partial charge is 0.341 e. The van der Waals surface area contributed by atoms with E-state index in [2.05, 4.69) is 13.8 Å². The van der Waals surface area contributed by atoms with Crippen LogP contribution < -0.4 is 9.47 Å². The predicted octanol–water partition coefficient (Wildman–Crippen LogP) is 5.69. The van der Waals surface area contributed by atoms with Crippen LogP contribution in [0.2, 0.25) is 0 Å². The Morgan fingerprint density at radius 3 is 1.94 bits per heavy atom. The van der Waals surface area contributed by atoms with Crippen LogP contribution in [-0.4, -0.2) is 39.4 Å². The van der Waals surface area contributed by atoms with E-state index in [4.69, 9.17) is 18.9 Å². The second-order valence-electron chi connectivity index (χ2n) is 6.76. The highest BCUT2D eigenvalue weighted by atomic mass is 16.5. The number of carbonyl (C=O) groups excluding carboxylic acids is 2. The molecule has 0 radical (unpaired) electrons. The highest BCUT2D eigenvalue weighted by Gasteiger charge is 2.12. The summed E-state index contributed by atoms with van der Waals surface area (Å²) >= 11 is 0. The first-order valence-corrected chi connectivity index (χ1v) is 10.7. The Bertz CT molecular complexity index is 770. The van der Waals surface area contributed by atoms with Gasteiger partial charge < -0.3 is 18.9 Å². The Morgan fingerprint density at radius 1 is 0.710 bits per heavy atom. The van der Waals surface area contributed by atoms with Crippen LogP contribution in [0.4, 0.5) is 0 Å². The first-order chi connectivity index (χ1) is 15.1. The molecule has 170 valence electrons. The Kier molecular flexibility index (Phi) is 13.2. The van der Waals surface area contributed by atoms with Crippen LogP contribution in [0, 0.1) is 0 Å². The maximum atomic E-state index is 11.7. The van der Waals surface area contributed by atoms with Crippen molar-refractivity contribution in [3.05, 3.63) is 59.7 Å². The number of unbranched alkanes of at least 4 members (excludes halogenated alkanes) is 3. The molecule has 31 heavy (non-hydrogen) atoms. The van der Waals surface area contributed by atoms with Crippen molar-refractivity contribution < 1.29 is 28.5 Å². The van der Waals surface area contributed by atoms with Crippen molar-refractivity contribution in [3.63, 3.8) is 0 Å². The molecule has 6 heteroatoms. The molecule has 0 saturated heterocycles. The van der Waals surface area contributed by atoms with Gasteiger partial charge in [-0.05, 0) is 49.2 Å². The van der Waals surface area contributed by atoms with Gasteiger partial charge in [0, 0.05) is 0 Å². The van der Waals surface area contributed by atoms with Crippen molar-refractivity contribution in [3.8, 4) is 11.5 Å². The zero-order chi connectivity index (χ0) is 22.9. The number of ether oxygens (including phenoxy) is 4. The fraction of sp³-hybridized carbons (Fsp3) is 0.440. The molecule has 0 N–H and O–H groups in total. The molecule has 6 nitrogen and oxygen atoms in total. The van der Waals surface area contributed by atoms with Gasteiger partial charge in [-0.2, -0.15) is 0 Å². The normalized spacial score (nSPS) is 9.81. The molecule has 2 rings (SSSR count). The van der Waals surface area contributed by atoms with E-state index in [-0.39, 0.29) is 11.9 Å². The monoisotopic (exact) mass is 430 g/mol. The van der Waals surface area contributed by atoms with E-state index in [0.717, 1.165) is 37.9 Å². The van der Waals surface area contributed by atoms with Crippen molar-refractivity contribution in [2.75, 3.05) is 27.4 Å². The molecule has 0 aliphatic rings. The third-order valence-electron chi connectivity index (χ3n) is 4.36. The summed E-state index contributed by atoms with van der Waals surface area (Å²) in [5, 5.41) is 0. The second-order valence-corrected chi connectivity index (χ2v) is 6.76. The molecule has 0 fully saturated rings. The first-order valence-electron chi connectivity index (χ1n) is 10.7. The molecule has 0 heterocycles. The fourth-order valence-corrected chi connectivity index (χ4v) is 2.53. The molecule has 0 aliphatic carbocycles. The zero-order valence-electron chi connectivity index (χ0n) is 19.0. The van der Waals surface area contributed by atoms with E-state index in [0.29, 0.717) is 30.1 Å². The number of carbonyl (C=O) groups is 2. The van der Waals surface area contributed by atoms with E-state index in [1.54, 1.807) is 56.7 Å². The van der Waals surface area contributed by atoms with Gasteiger partial charge in [0.1, 0.15) is 17.1 Å². The summed E-state index contributed by atoms with van der Waals surface area (Å²) in [6, 6.07) is 14.0. The third-order valence-corrected chi connectivity index (χ3v) is 4.36. The zero-order valence-corrected chi connectivity index (χ0v) is 19.0. The first kappa shape index (κ1) is 26.0. The quantitative estimate of drug-likeness (QED) is 0.337. The van der Waals surface area contributed by atoms with Gasteiger partial charge in [-0.25, -0.2) is 9.59 Å². The van der Waals surface area contributed by atoms with Crippen LogP contribution in [-0.2, 0) is 9.47 Å². The van der Waals surface area contributed by atoms with E-state index < -0.39 is 0 Å². The Morgan fingerprint density at radius 2 is 1.32 bits per heavy atom. The van der Waals surface area contributed by atoms with Crippen LogP contribution in [0.25, 0.3) is 0 Å². The lowest BCUT2D eigenvalue weighted by atomic mass is 10.2. The summed E-state index contributed by atoms with van der Waals surface area (Å²) in [5.74, 6) is 0.711. The van der Waals surface area contributed by atoms with E-state index in [1.165, 1.54) is 0 Å². The number of hydrogen-bond donors (Lipinski definition) is 0. The van der Waals surface area contributed by atoms with Gasteiger partial charge in [0.25, 0.3) is 0 Å². The maximum absolute atomic E-state index is 11.7. The minimum Gasteiger partial charge on any atom is -0.497 e. The van der Waals surface area contributed by atoms with Gasteiger partial charge in [0.15, 0.2) is 0 Å². The summed E-state index contributed by atoms with van der Waals surface area (Å²) < 4.78 is 20.3. The van der Waals surface area contributed by atoms with E-state index in [9.17, 15) is 9.59 Å². The van der Waals surface area contributed by atoms with Gasteiger partial charge in [0.05, 0.1) is 33.0 Å². The Hall–Kier alpha value is -3.02. The van der Waals surface area contributed by atoms with Gasteiger partial charge in [0.2, 0.25) is 0 Å². The summed E-state index contributed by atoms with van der Waals surface area (Å²) in [5.41, 5.74) is 1.05. The van der Waals surface area contributed by atoms with Crippen molar-refractivity contribution >= 4 is 11.9 Å². The molecular weight excluding hydrogens is 396 g/mol. The minimum atomic E-state index is -0.312. The van der Waals surface area contributed by atoms with Gasteiger partial charge in [-0.3, -0.25) is 0 Å². The molecule has 0 bridgehead atoms. The van der Waals surface area contributed by atoms with Gasteiger partial charge in [-0.15, -0.1) is 0 Å². The molecule has 2 aromatic rings. The molecule has 0 aromatic heterocycles. The van der Waals surface area contributed by atoms with Gasteiger partial charge >= 0.3 is 11.9 Å². The Balaban J connectivity index is 0.000000311. The van der Waals surface area contributed by atoms with Crippen LogP contribution >= 0.6 is 0 Å². The Labute approximate surface area is 185 Å². The standard InChI is InChI=1S/C13H18O3.C12H16O3/c1-3-4-7-10-16-13(14)11-8-5-6-9-12(11)15-2;1-3-4-9-15-12(13)10-5-7-11(14-2)8-6-10/h5-6,8-9H,3-4,7,10H2,1-2H3;5-8H,3-4,9H2,1-2H3. The van der Waals surface area contributed by atoms with Crippen molar-refractivity contribution in [2.45, 2.75) is 46.0 Å². The lowest BCUT2D eigenvalue weighted by Gasteiger charge is -2.08. The van der Waals surface area contributed by atoms with Crippen molar-refractivity contribution in [1.82, 2.24) is 0 Å². The lowest BCUT2D eigenvalue weighted by molar-refractivity contribution is 0.0487. The second kappa shape index (κ2) is 15.8. The molecule has 0 atom stereocenters. The van der Waals surface area contributed by atoms with E-state index in [1.807, 2.05) is 6.07 Å². The SMILES string of the molecule is CCCCCOC(=O)c1ccccc1OC.CCCCOC(=O)c1ccc(OC)cc1. The largest absolute Gasteiger partial charge is 0.497 e. The summed E-state index contributed by atoms with van der Waals surface area (Å²) in [6.07, 6.45) is 5.04. The predicted molar refractivity (Wildman–Crippen MR) is 121 cm³/mol. The average molecular weight is 431 g/mol. The summed E-state index contributed by atoms with van der Waals surface area (Å²) in [6.45, 7) is 5.13. The van der Waals surface area contributed by atoms with Crippen LogP contribution in [0.15, 0.2) is 48.5 Å². The molecular formula is C25H34O6. The van der Waals surface area contributed by atoms with E-state index >= 15 is 0 Å². The molecule has 0 spiro atoms. The summed E-state index contributed by atoms with van der Waals surface area (Å²) in [4.78, 5) is 23.1. The number of esters is 2. The molecule has 2 aromatic carbocycles. The lowest BCUT2D eigenvalue weighted by Crippen LogP contribution is -2.08. The van der Waals surface area contributed by atoms with Gasteiger partial charge in [-0.1, -0.05) is 45.2 Å².